The number of hydrogen-bond donors (Lipinski definition) is 3. The Labute approximate surface area is 100 Å². The Morgan fingerprint density at radius 1 is 1.12 bits per heavy atom. The minimum absolute atomic E-state index is 0.116. The van der Waals surface area contributed by atoms with Gasteiger partial charge in [-0.15, -0.1) is 0 Å². The van der Waals surface area contributed by atoms with E-state index in [1.807, 2.05) is 30.3 Å². The highest BCUT2D eigenvalue weighted by Gasteiger charge is 2.05. The maximum absolute atomic E-state index is 9.00. The van der Waals surface area contributed by atoms with E-state index in [-0.39, 0.29) is 6.29 Å². The molecule has 2 aromatic carbocycles. The SMILES string of the molecule is N#Cc1cccc2c(NCP(O)O)cccc12. The van der Waals surface area contributed by atoms with Crippen molar-refractivity contribution in [2.45, 2.75) is 0 Å². The molecule has 0 fully saturated rings. The average molecular weight is 246 g/mol. The molecular formula is C12H11N2O2P. The topological polar surface area (TPSA) is 76.3 Å². The van der Waals surface area contributed by atoms with Gasteiger partial charge in [0, 0.05) is 16.5 Å². The second-order valence-corrected chi connectivity index (χ2v) is 4.59. The van der Waals surface area contributed by atoms with Crippen molar-refractivity contribution in [3.8, 4) is 6.07 Å². The predicted octanol–water partition coefficient (Wildman–Crippen LogP) is 2.38. The Kier molecular flexibility index (Phi) is 3.55. The van der Waals surface area contributed by atoms with Crippen LogP contribution >= 0.6 is 8.38 Å². The van der Waals surface area contributed by atoms with Crippen molar-refractivity contribution >= 4 is 24.8 Å². The van der Waals surface area contributed by atoms with Crippen LogP contribution in [0.2, 0.25) is 0 Å². The zero-order valence-electron chi connectivity index (χ0n) is 8.96. The molecule has 0 aliphatic heterocycles. The maximum atomic E-state index is 9.00. The van der Waals surface area contributed by atoms with Gasteiger partial charge in [-0.1, -0.05) is 24.3 Å². The number of benzene rings is 2. The first kappa shape index (κ1) is 11.8. The third-order valence-corrected chi connectivity index (χ3v) is 2.89. The second-order valence-electron chi connectivity index (χ2n) is 3.53. The Morgan fingerprint density at radius 3 is 2.53 bits per heavy atom. The Bertz CT molecular complexity index is 578. The number of anilines is 1. The zero-order chi connectivity index (χ0) is 12.3. The average Bonchev–Trinajstić information content (AvgIpc) is 2.35. The molecule has 0 unspecified atom stereocenters. The highest BCUT2D eigenvalue weighted by molar-refractivity contribution is 7.45. The van der Waals surface area contributed by atoms with Crippen LogP contribution in [0.25, 0.3) is 10.8 Å². The summed E-state index contributed by atoms with van der Waals surface area (Å²) in [7, 11) is -1.97. The molecule has 0 aliphatic carbocycles. The molecule has 4 nitrogen and oxygen atoms in total. The van der Waals surface area contributed by atoms with Crippen LogP contribution in [-0.2, 0) is 0 Å². The Morgan fingerprint density at radius 2 is 1.82 bits per heavy atom. The molecule has 86 valence electrons. The Balaban J connectivity index is 2.48. The molecule has 3 N–H and O–H groups in total. The number of nitrogens with zero attached hydrogens (tertiary/aromatic N) is 1. The largest absolute Gasteiger partial charge is 0.376 e. The van der Waals surface area contributed by atoms with E-state index >= 15 is 0 Å². The van der Waals surface area contributed by atoms with Crippen molar-refractivity contribution in [3.05, 3.63) is 42.0 Å². The minimum atomic E-state index is -1.97. The standard InChI is InChI=1S/C12H11N2O2P/c13-7-9-3-1-5-11-10(9)4-2-6-12(11)14-8-17(15)16/h1-6,14-16H,8H2. The van der Waals surface area contributed by atoms with Gasteiger partial charge in [0.15, 0.2) is 8.38 Å². The molecule has 0 aromatic heterocycles. The lowest BCUT2D eigenvalue weighted by molar-refractivity contribution is 0.485. The van der Waals surface area contributed by atoms with E-state index in [0.29, 0.717) is 5.56 Å². The van der Waals surface area contributed by atoms with Crippen molar-refractivity contribution in [1.29, 1.82) is 5.26 Å². The third-order valence-electron chi connectivity index (χ3n) is 2.45. The summed E-state index contributed by atoms with van der Waals surface area (Å²) in [5, 5.41) is 13.7. The number of rotatable bonds is 3. The molecule has 2 aromatic rings. The molecule has 2 rings (SSSR count). The van der Waals surface area contributed by atoms with E-state index in [2.05, 4.69) is 11.4 Å². The summed E-state index contributed by atoms with van der Waals surface area (Å²) in [5.41, 5.74) is 1.41. The summed E-state index contributed by atoms with van der Waals surface area (Å²) < 4.78 is 0. The number of fused-ring (bicyclic) bond motifs is 1. The quantitative estimate of drug-likeness (QED) is 0.727. The summed E-state index contributed by atoms with van der Waals surface area (Å²) in [4.78, 5) is 17.8. The lowest BCUT2D eigenvalue weighted by Gasteiger charge is -2.10. The second kappa shape index (κ2) is 5.11. The van der Waals surface area contributed by atoms with Gasteiger partial charge in [0.1, 0.15) is 0 Å². The van der Waals surface area contributed by atoms with Gasteiger partial charge in [0.2, 0.25) is 0 Å². The highest BCUT2D eigenvalue weighted by Crippen LogP contribution is 2.28. The van der Waals surface area contributed by atoms with Crippen LogP contribution < -0.4 is 5.32 Å². The third kappa shape index (κ3) is 2.54. The summed E-state index contributed by atoms with van der Waals surface area (Å²) in [5.74, 6) is 0. The van der Waals surface area contributed by atoms with Crippen molar-refractivity contribution in [2.24, 2.45) is 0 Å². The molecule has 0 radical (unpaired) electrons. The van der Waals surface area contributed by atoms with Gasteiger partial charge in [-0.3, -0.25) is 0 Å². The number of nitriles is 1. The van der Waals surface area contributed by atoms with Gasteiger partial charge in [0.25, 0.3) is 0 Å². The van der Waals surface area contributed by atoms with Crippen LogP contribution in [0.1, 0.15) is 5.56 Å². The van der Waals surface area contributed by atoms with Crippen molar-refractivity contribution in [3.63, 3.8) is 0 Å². The normalized spacial score (nSPS) is 10.5. The smallest absolute Gasteiger partial charge is 0.185 e. The molecule has 0 aliphatic rings. The van der Waals surface area contributed by atoms with E-state index in [1.165, 1.54) is 0 Å². The van der Waals surface area contributed by atoms with E-state index in [1.54, 1.807) is 6.07 Å². The van der Waals surface area contributed by atoms with Gasteiger partial charge in [-0.05, 0) is 12.1 Å². The molecule has 0 atom stereocenters. The van der Waals surface area contributed by atoms with E-state index in [4.69, 9.17) is 15.0 Å². The Hall–Kier alpha value is -1.66. The molecule has 5 heteroatoms. The first-order valence-corrected chi connectivity index (χ1v) is 6.46. The fourth-order valence-corrected chi connectivity index (χ4v) is 2.03. The van der Waals surface area contributed by atoms with Crippen molar-refractivity contribution < 1.29 is 9.79 Å². The number of nitrogens with one attached hydrogen (secondary N) is 1. The maximum Gasteiger partial charge on any atom is 0.185 e. The molecule has 0 saturated heterocycles. The zero-order valence-corrected chi connectivity index (χ0v) is 9.85. The summed E-state index contributed by atoms with van der Waals surface area (Å²) in [6.45, 7) is 0. The lowest BCUT2D eigenvalue weighted by atomic mass is 10.0. The summed E-state index contributed by atoms with van der Waals surface area (Å²) in [6.07, 6.45) is 0.116. The summed E-state index contributed by atoms with van der Waals surface area (Å²) >= 11 is 0. The monoisotopic (exact) mass is 246 g/mol. The molecule has 0 saturated carbocycles. The number of hydrogen-bond acceptors (Lipinski definition) is 4. The molecule has 17 heavy (non-hydrogen) atoms. The van der Waals surface area contributed by atoms with Crippen LogP contribution in [0, 0.1) is 11.3 Å². The fourth-order valence-electron chi connectivity index (χ4n) is 1.72. The van der Waals surface area contributed by atoms with Gasteiger partial charge in [-0.25, -0.2) is 0 Å². The van der Waals surface area contributed by atoms with Crippen LogP contribution in [0.4, 0.5) is 5.69 Å². The van der Waals surface area contributed by atoms with E-state index in [9.17, 15) is 0 Å². The first-order valence-electron chi connectivity index (χ1n) is 5.03. The fraction of sp³-hybridized carbons (Fsp3) is 0.0833. The molecule has 0 bridgehead atoms. The summed E-state index contributed by atoms with van der Waals surface area (Å²) in [6, 6.07) is 13.2. The van der Waals surface area contributed by atoms with Gasteiger partial charge in [-0.2, -0.15) is 5.26 Å². The highest BCUT2D eigenvalue weighted by atomic mass is 31.2. The van der Waals surface area contributed by atoms with E-state index < -0.39 is 8.38 Å². The minimum Gasteiger partial charge on any atom is -0.376 e. The van der Waals surface area contributed by atoms with Crippen molar-refractivity contribution in [1.82, 2.24) is 0 Å². The molecule has 0 heterocycles. The van der Waals surface area contributed by atoms with E-state index in [0.717, 1.165) is 16.5 Å². The molecule has 0 amide bonds. The predicted molar refractivity (Wildman–Crippen MR) is 68.5 cm³/mol. The van der Waals surface area contributed by atoms with Gasteiger partial charge < -0.3 is 15.1 Å². The molecular weight excluding hydrogens is 235 g/mol. The van der Waals surface area contributed by atoms with Crippen molar-refractivity contribution in [2.75, 3.05) is 11.6 Å². The van der Waals surface area contributed by atoms with Gasteiger partial charge in [0.05, 0.1) is 17.9 Å². The van der Waals surface area contributed by atoms with Crippen LogP contribution in [0.15, 0.2) is 36.4 Å². The van der Waals surface area contributed by atoms with Gasteiger partial charge >= 0.3 is 0 Å². The molecule has 0 spiro atoms. The van der Waals surface area contributed by atoms with Crippen LogP contribution in [0.5, 0.6) is 0 Å². The van der Waals surface area contributed by atoms with Crippen LogP contribution in [0.3, 0.4) is 0 Å². The first-order chi connectivity index (χ1) is 8.22. The lowest BCUT2D eigenvalue weighted by Crippen LogP contribution is -2.00. The van der Waals surface area contributed by atoms with Crippen LogP contribution in [-0.4, -0.2) is 16.1 Å².